The van der Waals surface area contributed by atoms with Crippen molar-refractivity contribution >= 4 is 11.8 Å². The van der Waals surface area contributed by atoms with Crippen LogP contribution in [0.25, 0.3) is 0 Å². The molecule has 2 amide bonds. The monoisotopic (exact) mass is 332 g/mol. The molecule has 0 radical (unpaired) electrons. The fraction of sp³-hybridized carbons (Fsp3) is 0.176. The van der Waals surface area contributed by atoms with Gasteiger partial charge < -0.3 is 9.47 Å². The number of hydrogen-bond acceptors (Lipinski definition) is 4. The number of carbonyl (C=O) groups is 2. The van der Waals surface area contributed by atoms with Crippen LogP contribution < -0.4 is 20.3 Å². The number of hydrogen-bond donors (Lipinski definition) is 2. The summed E-state index contributed by atoms with van der Waals surface area (Å²) >= 11 is 0. The smallest absolute Gasteiger partial charge is 0.279 e. The molecular formula is C17H17FN2O4. The molecule has 0 aromatic heterocycles. The predicted molar refractivity (Wildman–Crippen MR) is 84.7 cm³/mol. The minimum Gasteiger partial charge on any atom is -0.484 e. The SMILES string of the molecule is C[C@H](Oc1ccccc1F)C(=O)NNC(=O)COc1ccccc1. The van der Waals surface area contributed by atoms with Crippen molar-refractivity contribution in [2.75, 3.05) is 6.61 Å². The number of hydrazine groups is 1. The summed E-state index contributed by atoms with van der Waals surface area (Å²) in [6.07, 6.45) is -0.989. The van der Waals surface area contributed by atoms with E-state index in [1.54, 1.807) is 30.3 Å². The average Bonchev–Trinajstić information content (AvgIpc) is 2.60. The van der Waals surface area contributed by atoms with Gasteiger partial charge in [0.25, 0.3) is 11.8 Å². The summed E-state index contributed by atoms with van der Waals surface area (Å²) in [4.78, 5) is 23.4. The van der Waals surface area contributed by atoms with Crippen molar-refractivity contribution in [2.45, 2.75) is 13.0 Å². The van der Waals surface area contributed by atoms with Gasteiger partial charge in [-0.1, -0.05) is 30.3 Å². The van der Waals surface area contributed by atoms with E-state index < -0.39 is 23.7 Å². The van der Waals surface area contributed by atoms with Gasteiger partial charge in [0.05, 0.1) is 0 Å². The normalized spacial score (nSPS) is 11.2. The highest BCUT2D eigenvalue weighted by Crippen LogP contribution is 2.16. The highest BCUT2D eigenvalue weighted by Gasteiger charge is 2.17. The molecule has 2 N–H and O–H groups in total. The van der Waals surface area contributed by atoms with Gasteiger partial charge >= 0.3 is 0 Å². The molecular weight excluding hydrogens is 315 g/mol. The van der Waals surface area contributed by atoms with Crippen LogP contribution in [-0.2, 0) is 9.59 Å². The Kier molecular flexibility index (Phi) is 6.13. The Morgan fingerprint density at radius 3 is 2.42 bits per heavy atom. The third kappa shape index (κ3) is 5.28. The largest absolute Gasteiger partial charge is 0.484 e. The van der Waals surface area contributed by atoms with E-state index in [1.165, 1.54) is 25.1 Å². The van der Waals surface area contributed by atoms with Gasteiger partial charge in [0, 0.05) is 0 Å². The van der Waals surface area contributed by atoms with E-state index in [1.807, 2.05) is 6.07 Å². The summed E-state index contributed by atoms with van der Waals surface area (Å²) in [6.45, 7) is 1.18. The Morgan fingerprint density at radius 2 is 1.71 bits per heavy atom. The lowest BCUT2D eigenvalue weighted by molar-refractivity contribution is -0.133. The first-order valence-corrected chi connectivity index (χ1v) is 7.24. The molecule has 0 bridgehead atoms. The molecule has 1 atom stereocenters. The number of halogens is 1. The summed E-state index contributed by atoms with van der Waals surface area (Å²) in [5.74, 6) is -1.23. The van der Waals surface area contributed by atoms with E-state index in [9.17, 15) is 14.0 Å². The van der Waals surface area contributed by atoms with Gasteiger partial charge in [-0.15, -0.1) is 0 Å². The fourth-order valence-corrected chi connectivity index (χ4v) is 1.72. The van der Waals surface area contributed by atoms with Gasteiger partial charge in [-0.25, -0.2) is 4.39 Å². The van der Waals surface area contributed by atoms with Crippen LogP contribution in [0.4, 0.5) is 4.39 Å². The number of amides is 2. The maximum absolute atomic E-state index is 13.4. The minimum atomic E-state index is -0.989. The summed E-state index contributed by atoms with van der Waals surface area (Å²) in [7, 11) is 0. The summed E-state index contributed by atoms with van der Waals surface area (Å²) in [5.41, 5.74) is 4.39. The van der Waals surface area contributed by atoms with Crippen LogP contribution in [0.15, 0.2) is 54.6 Å². The van der Waals surface area contributed by atoms with Crippen molar-refractivity contribution in [2.24, 2.45) is 0 Å². The standard InChI is InChI=1S/C17H17FN2O4/c1-12(24-15-10-6-5-9-14(15)18)17(22)20-19-16(21)11-23-13-7-3-2-4-8-13/h2-10,12H,11H2,1H3,(H,19,21)(H,20,22)/t12-/m0/s1. The van der Waals surface area contributed by atoms with Crippen LogP contribution in [0.2, 0.25) is 0 Å². The minimum absolute atomic E-state index is 0.0427. The van der Waals surface area contributed by atoms with Crippen LogP contribution in [0.5, 0.6) is 11.5 Å². The molecule has 0 heterocycles. The Bertz CT molecular complexity index is 694. The lowest BCUT2D eigenvalue weighted by atomic mass is 10.3. The second kappa shape index (κ2) is 8.52. The molecule has 24 heavy (non-hydrogen) atoms. The van der Waals surface area contributed by atoms with Crippen LogP contribution in [0.3, 0.4) is 0 Å². The quantitative estimate of drug-likeness (QED) is 0.791. The van der Waals surface area contributed by atoms with Gasteiger partial charge in [-0.3, -0.25) is 20.4 Å². The summed E-state index contributed by atoms with van der Waals surface area (Å²) < 4.78 is 23.9. The van der Waals surface area contributed by atoms with E-state index in [-0.39, 0.29) is 12.4 Å². The Labute approximate surface area is 138 Å². The first-order valence-electron chi connectivity index (χ1n) is 7.24. The molecule has 2 rings (SSSR count). The number of ether oxygens (including phenoxy) is 2. The van der Waals surface area contributed by atoms with Crippen molar-refractivity contribution in [3.05, 3.63) is 60.4 Å². The Balaban J connectivity index is 1.73. The summed E-state index contributed by atoms with van der Waals surface area (Å²) in [5, 5.41) is 0. The number of nitrogens with one attached hydrogen (secondary N) is 2. The van der Waals surface area contributed by atoms with Crippen molar-refractivity contribution < 1.29 is 23.5 Å². The van der Waals surface area contributed by atoms with E-state index in [0.717, 1.165) is 0 Å². The first-order chi connectivity index (χ1) is 11.6. The number of benzene rings is 2. The van der Waals surface area contributed by atoms with E-state index in [0.29, 0.717) is 5.75 Å². The molecule has 0 saturated heterocycles. The lowest BCUT2D eigenvalue weighted by Gasteiger charge is -2.15. The average molecular weight is 332 g/mol. The molecule has 126 valence electrons. The number of para-hydroxylation sites is 2. The topological polar surface area (TPSA) is 76.7 Å². The fourth-order valence-electron chi connectivity index (χ4n) is 1.72. The van der Waals surface area contributed by atoms with Crippen molar-refractivity contribution in [1.29, 1.82) is 0 Å². The molecule has 0 unspecified atom stereocenters. The zero-order chi connectivity index (χ0) is 17.4. The van der Waals surface area contributed by atoms with Gasteiger partial charge in [0.15, 0.2) is 24.3 Å². The van der Waals surface area contributed by atoms with Crippen LogP contribution in [-0.4, -0.2) is 24.5 Å². The molecule has 2 aromatic carbocycles. The molecule has 0 saturated carbocycles. The second-order valence-electron chi connectivity index (χ2n) is 4.83. The third-order valence-electron chi connectivity index (χ3n) is 2.95. The van der Waals surface area contributed by atoms with Crippen molar-refractivity contribution in [3.8, 4) is 11.5 Å². The van der Waals surface area contributed by atoms with Gasteiger partial charge in [-0.05, 0) is 31.2 Å². The van der Waals surface area contributed by atoms with Crippen molar-refractivity contribution in [3.63, 3.8) is 0 Å². The maximum atomic E-state index is 13.4. The zero-order valence-corrected chi connectivity index (χ0v) is 13.0. The third-order valence-corrected chi connectivity index (χ3v) is 2.95. The Hall–Kier alpha value is -3.09. The van der Waals surface area contributed by atoms with Gasteiger partial charge in [0.1, 0.15) is 5.75 Å². The maximum Gasteiger partial charge on any atom is 0.279 e. The van der Waals surface area contributed by atoms with Crippen molar-refractivity contribution in [1.82, 2.24) is 10.9 Å². The van der Waals surface area contributed by atoms with Gasteiger partial charge in [-0.2, -0.15) is 0 Å². The molecule has 0 aliphatic rings. The molecule has 0 aliphatic carbocycles. The molecule has 2 aromatic rings. The van der Waals surface area contributed by atoms with E-state index in [2.05, 4.69) is 10.9 Å². The molecule has 0 aliphatic heterocycles. The van der Waals surface area contributed by atoms with E-state index in [4.69, 9.17) is 9.47 Å². The second-order valence-corrected chi connectivity index (χ2v) is 4.83. The molecule has 7 heteroatoms. The lowest BCUT2D eigenvalue weighted by Crippen LogP contribution is -2.48. The van der Waals surface area contributed by atoms with Crippen LogP contribution in [0, 0.1) is 5.82 Å². The predicted octanol–water partition coefficient (Wildman–Crippen LogP) is 1.82. The number of rotatable bonds is 6. The number of carbonyl (C=O) groups excluding carboxylic acids is 2. The molecule has 0 fully saturated rings. The molecule has 0 spiro atoms. The zero-order valence-electron chi connectivity index (χ0n) is 13.0. The van der Waals surface area contributed by atoms with E-state index >= 15 is 0 Å². The summed E-state index contributed by atoms with van der Waals surface area (Å²) in [6, 6.07) is 14.5. The van der Waals surface area contributed by atoms with Gasteiger partial charge in [0.2, 0.25) is 0 Å². The van der Waals surface area contributed by atoms with Crippen LogP contribution >= 0.6 is 0 Å². The highest BCUT2D eigenvalue weighted by molar-refractivity contribution is 5.85. The first kappa shape index (κ1) is 17.3. The Morgan fingerprint density at radius 1 is 1.04 bits per heavy atom. The molecule has 6 nitrogen and oxygen atoms in total. The highest BCUT2D eigenvalue weighted by atomic mass is 19.1. The van der Waals surface area contributed by atoms with Crippen LogP contribution in [0.1, 0.15) is 6.92 Å².